The highest BCUT2D eigenvalue weighted by molar-refractivity contribution is 7.88. The summed E-state index contributed by atoms with van der Waals surface area (Å²) in [5.41, 5.74) is 2.66. The Labute approximate surface area is 181 Å². The lowest BCUT2D eigenvalue weighted by molar-refractivity contribution is 0.0648. The van der Waals surface area contributed by atoms with Gasteiger partial charge in [-0.3, -0.25) is 4.90 Å². The Morgan fingerprint density at radius 3 is 2.23 bits per heavy atom. The zero-order valence-corrected chi connectivity index (χ0v) is 18.7. The highest BCUT2D eigenvalue weighted by Gasteiger charge is 2.48. The molecule has 30 heavy (non-hydrogen) atoms. The van der Waals surface area contributed by atoms with Gasteiger partial charge in [-0.1, -0.05) is 60.7 Å². The molecule has 2 heterocycles. The zero-order valence-electron chi connectivity index (χ0n) is 17.8. The van der Waals surface area contributed by atoms with Crippen molar-refractivity contribution in [1.29, 1.82) is 0 Å². The number of likely N-dealkylation sites (tertiary alicyclic amines) is 2. The third kappa shape index (κ3) is 5.49. The summed E-state index contributed by atoms with van der Waals surface area (Å²) >= 11 is 0. The van der Waals surface area contributed by atoms with E-state index >= 15 is 0 Å². The highest BCUT2D eigenvalue weighted by atomic mass is 32.2. The molecule has 2 atom stereocenters. The van der Waals surface area contributed by atoms with E-state index in [-0.39, 0.29) is 11.5 Å². The Hall–Kier alpha value is -1.73. The van der Waals surface area contributed by atoms with Crippen LogP contribution in [0.3, 0.4) is 0 Å². The Morgan fingerprint density at radius 1 is 0.933 bits per heavy atom. The molecule has 0 aliphatic carbocycles. The Bertz CT molecular complexity index is 920. The van der Waals surface area contributed by atoms with Crippen molar-refractivity contribution < 1.29 is 8.42 Å². The average molecular weight is 428 g/mol. The van der Waals surface area contributed by atoms with Crippen molar-refractivity contribution in [3.8, 4) is 0 Å². The number of nitrogens with one attached hydrogen (secondary N) is 1. The Morgan fingerprint density at radius 2 is 1.57 bits per heavy atom. The van der Waals surface area contributed by atoms with Gasteiger partial charge in [0.25, 0.3) is 0 Å². The summed E-state index contributed by atoms with van der Waals surface area (Å²) in [7, 11) is -3.22. The van der Waals surface area contributed by atoms with E-state index in [0.29, 0.717) is 0 Å². The number of hydrogen-bond acceptors (Lipinski definition) is 4. The van der Waals surface area contributed by atoms with Crippen molar-refractivity contribution in [3.63, 3.8) is 0 Å². The second-order valence-corrected chi connectivity index (χ2v) is 10.8. The molecule has 5 nitrogen and oxygen atoms in total. The van der Waals surface area contributed by atoms with Crippen LogP contribution in [0, 0.1) is 5.41 Å². The minimum Gasteiger partial charge on any atom is -0.302 e. The first-order valence-electron chi connectivity index (χ1n) is 10.9. The molecular formula is C24H33N3O2S. The quantitative estimate of drug-likeness (QED) is 0.738. The molecule has 0 amide bonds. The molecule has 162 valence electrons. The van der Waals surface area contributed by atoms with E-state index in [1.165, 1.54) is 17.4 Å². The maximum absolute atomic E-state index is 12.1. The summed E-state index contributed by atoms with van der Waals surface area (Å²) in [6.07, 6.45) is 4.24. The fourth-order valence-electron chi connectivity index (χ4n) is 5.19. The number of nitrogens with zero attached hydrogens (tertiary/aromatic N) is 2. The maximum atomic E-state index is 12.1. The summed E-state index contributed by atoms with van der Waals surface area (Å²) in [4.78, 5) is 5.03. The molecule has 2 aliphatic rings. The average Bonchev–Trinajstić information content (AvgIpc) is 3.12. The van der Waals surface area contributed by atoms with Gasteiger partial charge in [-0.25, -0.2) is 13.1 Å². The topological polar surface area (TPSA) is 52.7 Å². The molecule has 0 bridgehead atoms. The Balaban J connectivity index is 1.45. The molecule has 0 saturated carbocycles. The van der Waals surface area contributed by atoms with Crippen LogP contribution >= 0.6 is 0 Å². The molecule has 2 aliphatic heterocycles. The molecule has 0 aromatic heterocycles. The van der Waals surface area contributed by atoms with Crippen molar-refractivity contribution in [1.82, 2.24) is 14.5 Å². The van der Waals surface area contributed by atoms with Crippen LogP contribution in [-0.4, -0.2) is 63.2 Å². The molecule has 1 N–H and O–H groups in total. The maximum Gasteiger partial charge on any atom is 0.208 e. The van der Waals surface area contributed by atoms with Crippen molar-refractivity contribution >= 4 is 10.0 Å². The van der Waals surface area contributed by atoms with Crippen LogP contribution in [0.25, 0.3) is 0 Å². The van der Waals surface area contributed by atoms with E-state index < -0.39 is 10.0 Å². The van der Waals surface area contributed by atoms with Gasteiger partial charge >= 0.3 is 0 Å². The fourth-order valence-corrected chi connectivity index (χ4v) is 6.08. The minimum atomic E-state index is -3.22. The predicted molar refractivity (Wildman–Crippen MR) is 122 cm³/mol. The number of piperidine rings is 1. The number of hydrogen-bond donors (Lipinski definition) is 1. The molecule has 2 fully saturated rings. The van der Waals surface area contributed by atoms with E-state index in [4.69, 9.17) is 0 Å². The number of rotatable bonds is 7. The molecule has 2 aromatic carbocycles. The fraction of sp³-hybridized carbons (Fsp3) is 0.500. The van der Waals surface area contributed by atoms with Crippen molar-refractivity contribution in [3.05, 3.63) is 71.8 Å². The molecule has 1 spiro atoms. The lowest BCUT2D eigenvalue weighted by Crippen LogP contribution is -2.59. The van der Waals surface area contributed by atoms with Crippen LogP contribution in [0.15, 0.2) is 60.7 Å². The van der Waals surface area contributed by atoms with Gasteiger partial charge in [0.1, 0.15) is 0 Å². The summed E-state index contributed by atoms with van der Waals surface area (Å²) in [6, 6.07) is 21.2. The van der Waals surface area contributed by atoms with E-state index in [9.17, 15) is 8.42 Å². The molecule has 0 unspecified atom stereocenters. The predicted octanol–water partition coefficient (Wildman–Crippen LogP) is 2.74. The number of benzene rings is 2. The lowest BCUT2D eigenvalue weighted by atomic mass is 9.75. The van der Waals surface area contributed by atoms with Crippen LogP contribution in [-0.2, 0) is 23.0 Å². The van der Waals surface area contributed by atoms with E-state index in [2.05, 4.69) is 69.1 Å². The first-order chi connectivity index (χ1) is 14.4. The zero-order chi connectivity index (χ0) is 21.0. The van der Waals surface area contributed by atoms with Gasteiger partial charge < -0.3 is 4.90 Å². The molecule has 6 heteroatoms. The van der Waals surface area contributed by atoms with Crippen molar-refractivity contribution in [2.24, 2.45) is 5.41 Å². The van der Waals surface area contributed by atoms with Crippen LogP contribution in [0.2, 0.25) is 0 Å². The molecule has 4 rings (SSSR count). The third-order valence-corrected chi connectivity index (χ3v) is 7.35. The van der Waals surface area contributed by atoms with Gasteiger partial charge in [-0.15, -0.1) is 0 Å². The van der Waals surface area contributed by atoms with Crippen molar-refractivity contribution in [2.75, 3.05) is 39.0 Å². The molecule has 2 saturated heterocycles. The van der Waals surface area contributed by atoms with Gasteiger partial charge in [0.15, 0.2) is 0 Å². The Kier molecular flexibility index (Phi) is 6.58. The summed E-state index contributed by atoms with van der Waals surface area (Å²) < 4.78 is 27.1. The van der Waals surface area contributed by atoms with E-state index in [0.717, 1.165) is 58.5 Å². The van der Waals surface area contributed by atoms with E-state index in [1.807, 2.05) is 6.07 Å². The largest absolute Gasteiger partial charge is 0.302 e. The lowest BCUT2D eigenvalue weighted by Gasteiger charge is -2.46. The van der Waals surface area contributed by atoms with Crippen molar-refractivity contribution in [2.45, 2.75) is 31.8 Å². The first-order valence-corrected chi connectivity index (χ1v) is 12.8. The minimum absolute atomic E-state index is 0.0150. The second kappa shape index (κ2) is 9.18. The first kappa shape index (κ1) is 21.5. The molecule has 0 radical (unpaired) electrons. The van der Waals surface area contributed by atoms with Crippen LogP contribution < -0.4 is 4.72 Å². The third-order valence-electron chi connectivity index (χ3n) is 6.64. The standard InChI is InChI=1S/C24H33N3O2S/c1-30(28,29)25-23-13-16-26(15-12-21-8-4-2-5-9-21)19-24(23)14-17-27(20-24)18-22-10-6-3-7-11-22/h2-11,23,25H,12-20H2,1H3/t23-,24-/m1/s1. The monoisotopic (exact) mass is 427 g/mol. The molecular weight excluding hydrogens is 394 g/mol. The van der Waals surface area contributed by atoms with Crippen LogP contribution in [0.5, 0.6) is 0 Å². The van der Waals surface area contributed by atoms with Gasteiger partial charge in [0.2, 0.25) is 10.0 Å². The van der Waals surface area contributed by atoms with E-state index in [1.54, 1.807) is 0 Å². The van der Waals surface area contributed by atoms with Gasteiger partial charge in [0.05, 0.1) is 6.26 Å². The van der Waals surface area contributed by atoms with Crippen LogP contribution in [0.4, 0.5) is 0 Å². The second-order valence-electron chi connectivity index (χ2n) is 9.05. The smallest absolute Gasteiger partial charge is 0.208 e. The van der Waals surface area contributed by atoms with Crippen LogP contribution in [0.1, 0.15) is 24.0 Å². The summed E-state index contributed by atoms with van der Waals surface area (Å²) in [5, 5.41) is 0. The van der Waals surface area contributed by atoms with Gasteiger partial charge in [-0.2, -0.15) is 0 Å². The summed E-state index contributed by atoms with van der Waals surface area (Å²) in [6.45, 7) is 5.81. The van der Waals surface area contributed by atoms with Gasteiger partial charge in [-0.05, 0) is 43.5 Å². The number of sulfonamides is 1. The van der Waals surface area contributed by atoms with Gasteiger partial charge in [0, 0.05) is 37.6 Å². The molecule has 2 aromatic rings. The summed E-state index contributed by atoms with van der Waals surface area (Å²) in [5.74, 6) is 0. The SMILES string of the molecule is CS(=O)(=O)N[C@@H]1CCN(CCc2ccccc2)C[C@@]12CCN(Cc1ccccc1)C2. The normalized spacial score (nSPS) is 25.7. The highest BCUT2D eigenvalue weighted by Crippen LogP contribution is 2.40.